The van der Waals surface area contributed by atoms with Crippen LogP contribution in [0.5, 0.6) is 0 Å². The first kappa shape index (κ1) is 24.4. The Labute approximate surface area is 185 Å². The van der Waals surface area contributed by atoms with Gasteiger partial charge in [-0.15, -0.1) is 11.8 Å². The summed E-state index contributed by atoms with van der Waals surface area (Å²) in [7, 11) is -4.24. The van der Waals surface area contributed by atoms with Gasteiger partial charge in [0.25, 0.3) is 0 Å². The quantitative estimate of drug-likeness (QED) is 0.470. The molecule has 2 aromatic rings. The molecule has 1 aliphatic heterocycles. The maximum absolute atomic E-state index is 13.5. The molecule has 1 N–H and O–H groups in total. The number of nitrogens with one attached hydrogen (secondary N) is 1. The normalized spacial score (nSPS) is 17.5. The van der Waals surface area contributed by atoms with E-state index in [2.05, 4.69) is 10.3 Å². The van der Waals surface area contributed by atoms with Gasteiger partial charge in [-0.25, -0.2) is 17.2 Å². The van der Waals surface area contributed by atoms with Crippen molar-refractivity contribution in [1.29, 1.82) is 0 Å². The number of halogens is 5. The highest BCUT2D eigenvalue weighted by Crippen LogP contribution is 2.28. The van der Waals surface area contributed by atoms with E-state index in [1.165, 1.54) is 18.3 Å². The highest BCUT2D eigenvalue weighted by molar-refractivity contribution is 7.99. The minimum atomic E-state index is -4.33. The Balaban J connectivity index is 1.67. The number of hydrogen-bond acceptors (Lipinski definition) is 5. The van der Waals surface area contributed by atoms with Crippen LogP contribution in [0.1, 0.15) is 18.5 Å². The van der Waals surface area contributed by atoms with Crippen LogP contribution in [0, 0.1) is 11.6 Å². The average molecular weight is 495 g/mol. The minimum absolute atomic E-state index is 0.0290. The van der Waals surface area contributed by atoms with E-state index in [-0.39, 0.29) is 19.5 Å². The van der Waals surface area contributed by atoms with Crippen molar-refractivity contribution < 1.29 is 35.2 Å². The predicted octanol–water partition coefficient (Wildman–Crippen LogP) is 3.48. The van der Waals surface area contributed by atoms with Gasteiger partial charge in [-0.2, -0.15) is 17.5 Å². The number of sulfonamides is 1. The molecule has 1 aromatic carbocycles. The zero-order valence-corrected chi connectivity index (χ0v) is 18.0. The molecule has 3 rings (SSSR count). The topological polar surface area (TPSA) is 79.4 Å². The number of amides is 1. The van der Waals surface area contributed by atoms with Crippen LogP contribution in [0.25, 0.3) is 0 Å². The summed E-state index contributed by atoms with van der Waals surface area (Å²) < 4.78 is 90.4. The number of aromatic nitrogens is 1. The molecule has 0 aliphatic carbocycles. The van der Waals surface area contributed by atoms with Gasteiger partial charge in [0, 0.05) is 17.6 Å². The summed E-state index contributed by atoms with van der Waals surface area (Å²) in [5.41, 5.74) is 0.304. The second-order valence-electron chi connectivity index (χ2n) is 6.95. The molecule has 1 aromatic heterocycles. The Morgan fingerprint density at radius 2 is 1.94 bits per heavy atom. The van der Waals surface area contributed by atoms with E-state index >= 15 is 0 Å². The summed E-state index contributed by atoms with van der Waals surface area (Å²) in [6.45, 7) is -0.0873. The SMILES string of the molecule is O=C(NCc1cc(SCC(F)(F)F)ccn1)C1CCCN1S(=O)(=O)c1ccc(F)c(F)c1. The van der Waals surface area contributed by atoms with Crippen molar-refractivity contribution in [2.45, 2.75) is 41.4 Å². The highest BCUT2D eigenvalue weighted by Gasteiger charge is 2.39. The van der Waals surface area contributed by atoms with Crippen LogP contribution in [0.4, 0.5) is 22.0 Å². The summed E-state index contributed by atoms with van der Waals surface area (Å²) in [6.07, 6.45) is -2.39. The lowest BCUT2D eigenvalue weighted by atomic mass is 10.2. The maximum atomic E-state index is 13.5. The monoisotopic (exact) mass is 495 g/mol. The summed E-state index contributed by atoms with van der Waals surface area (Å²) >= 11 is 0.582. The van der Waals surface area contributed by atoms with Gasteiger partial charge < -0.3 is 5.32 Å². The fourth-order valence-electron chi connectivity index (χ4n) is 3.17. The predicted molar refractivity (Wildman–Crippen MR) is 106 cm³/mol. The molecular formula is C19H18F5N3O3S2. The lowest BCUT2D eigenvalue weighted by Crippen LogP contribution is -2.45. The number of pyridine rings is 1. The van der Waals surface area contributed by atoms with Gasteiger partial charge in [-0.05, 0) is 43.2 Å². The number of carbonyl (C=O) groups excluding carboxylic acids is 1. The number of hydrogen-bond donors (Lipinski definition) is 1. The van der Waals surface area contributed by atoms with Crippen molar-refractivity contribution >= 4 is 27.7 Å². The fraction of sp³-hybridized carbons (Fsp3) is 0.368. The first-order chi connectivity index (χ1) is 15.0. The van der Waals surface area contributed by atoms with Gasteiger partial charge in [0.2, 0.25) is 15.9 Å². The zero-order chi connectivity index (χ0) is 23.5. The summed E-state index contributed by atoms with van der Waals surface area (Å²) in [5, 5.41) is 2.54. The van der Waals surface area contributed by atoms with E-state index in [9.17, 15) is 35.2 Å². The van der Waals surface area contributed by atoms with Crippen LogP contribution >= 0.6 is 11.8 Å². The molecule has 2 heterocycles. The first-order valence-corrected chi connectivity index (χ1v) is 11.8. The number of alkyl halides is 3. The Hall–Kier alpha value is -2.25. The molecule has 32 heavy (non-hydrogen) atoms. The standard InChI is InChI=1S/C19H18F5N3O3S2/c20-15-4-3-14(9-16(15)21)32(29,30)27-7-1-2-17(27)18(28)26-10-12-8-13(5-6-25-12)31-11-19(22,23)24/h3-6,8-9,17H,1-2,7,10-11H2,(H,26,28). The van der Waals surface area contributed by atoms with Crippen molar-refractivity contribution in [3.8, 4) is 0 Å². The molecule has 0 saturated carbocycles. The number of thioether (sulfide) groups is 1. The van der Waals surface area contributed by atoms with Gasteiger partial charge in [-0.1, -0.05) is 0 Å². The van der Waals surface area contributed by atoms with E-state index in [0.717, 1.165) is 10.4 Å². The minimum Gasteiger partial charge on any atom is -0.349 e. The van der Waals surface area contributed by atoms with Crippen LogP contribution in [-0.4, -0.2) is 48.1 Å². The average Bonchev–Trinajstić information content (AvgIpc) is 3.23. The Kier molecular flexibility index (Phi) is 7.40. The third-order valence-corrected chi connectivity index (χ3v) is 7.60. The molecule has 13 heteroatoms. The van der Waals surface area contributed by atoms with Crippen LogP contribution in [0.15, 0.2) is 46.3 Å². The molecule has 1 unspecified atom stereocenters. The lowest BCUT2D eigenvalue weighted by molar-refractivity contribution is -0.124. The molecule has 174 valence electrons. The van der Waals surface area contributed by atoms with E-state index < -0.39 is 50.4 Å². The Morgan fingerprint density at radius 3 is 2.62 bits per heavy atom. The van der Waals surface area contributed by atoms with Crippen molar-refractivity contribution in [2.24, 2.45) is 0 Å². The second-order valence-corrected chi connectivity index (χ2v) is 9.89. The molecule has 6 nitrogen and oxygen atoms in total. The van der Waals surface area contributed by atoms with Crippen molar-refractivity contribution in [1.82, 2.24) is 14.6 Å². The van der Waals surface area contributed by atoms with E-state index in [0.29, 0.717) is 40.9 Å². The van der Waals surface area contributed by atoms with Gasteiger partial charge >= 0.3 is 6.18 Å². The van der Waals surface area contributed by atoms with Crippen LogP contribution in [-0.2, 0) is 21.4 Å². The smallest absolute Gasteiger partial charge is 0.349 e. The Bertz CT molecular complexity index is 1100. The lowest BCUT2D eigenvalue weighted by Gasteiger charge is -2.23. The number of nitrogens with zero attached hydrogens (tertiary/aromatic N) is 2. The third kappa shape index (κ3) is 5.95. The zero-order valence-electron chi connectivity index (χ0n) is 16.4. The maximum Gasteiger partial charge on any atom is 0.398 e. The van der Waals surface area contributed by atoms with Gasteiger partial charge in [-0.3, -0.25) is 9.78 Å². The molecule has 0 spiro atoms. The molecule has 1 aliphatic rings. The number of carbonyl (C=O) groups is 1. The second kappa shape index (κ2) is 9.71. The van der Waals surface area contributed by atoms with E-state index in [1.807, 2.05) is 0 Å². The molecule has 0 bridgehead atoms. The molecule has 0 radical (unpaired) electrons. The largest absolute Gasteiger partial charge is 0.398 e. The van der Waals surface area contributed by atoms with E-state index in [1.54, 1.807) is 0 Å². The van der Waals surface area contributed by atoms with Crippen LogP contribution < -0.4 is 5.32 Å². The van der Waals surface area contributed by atoms with Crippen molar-refractivity contribution in [3.63, 3.8) is 0 Å². The van der Waals surface area contributed by atoms with Crippen LogP contribution in [0.2, 0.25) is 0 Å². The molecule has 1 atom stereocenters. The Morgan fingerprint density at radius 1 is 1.19 bits per heavy atom. The van der Waals surface area contributed by atoms with Gasteiger partial charge in [0.15, 0.2) is 11.6 Å². The molecular weight excluding hydrogens is 477 g/mol. The molecule has 1 amide bonds. The molecule has 1 fully saturated rings. The van der Waals surface area contributed by atoms with E-state index in [4.69, 9.17) is 0 Å². The summed E-state index contributed by atoms with van der Waals surface area (Å²) in [4.78, 5) is 16.5. The molecule has 1 saturated heterocycles. The first-order valence-electron chi connectivity index (χ1n) is 9.36. The summed E-state index contributed by atoms with van der Waals surface area (Å²) in [5.74, 6) is -4.20. The number of benzene rings is 1. The van der Waals surface area contributed by atoms with Crippen LogP contribution in [0.3, 0.4) is 0 Å². The third-order valence-electron chi connectivity index (χ3n) is 4.64. The van der Waals surface area contributed by atoms with Gasteiger partial charge in [0.05, 0.1) is 22.9 Å². The fourth-order valence-corrected chi connectivity index (χ4v) is 5.54. The highest BCUT2D eigenvalue weighted by atomic mass is 32.2. The summed E-state index contributed by atoms with van der Waals surface area (Å²) in [6, 6.07) is 3.94. The number of rotatable bonds is 7. The van der Waals surface area contributed by atoms with Gasteiger partial charge in [0.1, 0.15) is 6.04 Å². The van der Waals surface area contributed by atoms with Crippen molar-refractivity contribution in [3.05, 3.63) is 53.9 Å². The van der Waals surface area contributed by atoms with Crippen molar-refractivity contribution in [2.75, 3.05) is 12.3 Å².